The number of hydrogen-bond donors (Lipinski definition) is 0. The highest BCUT2D eigenvalue weighted by Gasteiger charge is 2.32. The highest BCUT2D eigenvalue weighted by atomic mass is 19.4. The van der Waals surface area contributed by atoms with Crippen LogP contribution in [0.25, 0.3) is 0 Å². The maximum atomic E-state index is 12.7. The Morgan fingerprint density at radius 3 is 2.27 bits per heavy atom. The van der Waals surface area contributed by atoms with Gasteiger partial charge in [0.2, 0.25) is 0 Å². The summed E-state index contributed by atoms with van der Waals surface area (Å²) in [5.41, 5.74) is -0.153. The van der Waals surface area contributed by atoms with Crippen molar-refractivity contribution in [3.05, 3.63) is 59.7 Å². The zero-order valence-corrected chi connectivity index (χ0v) is 12.0. The van der Waals surface area contributed by atoms with Crippen LogP contribution in [-0.4, -0.2) is 20.1 Å². The second-order valence-electron chi connectivity index (χ2n) is 4.61. The second-order valence-corrected chi connectivity index (χ2v) is 4.61. The first-order chi connectivity index (χ1) is 10.3. The van der Waals surface area contributed by atoms with Crippen molar-refractivity contribution in [3.8, 4) is 5.75 Å². The number of halogens is 3. The van der Waals surface area contributed by atoms with Crippen LogP contribution < -0.4 is 9.64 Å². The Morgan fingerprint density at radius 2 is 1.73 bits per heavy atom. The van der Waals surface area contributed by atoms with Gasteiger partial charge in [0.25, 0.3) is 5.91 Å². The van der Waals surface area contributed by atoms with Gasteiger partial charge in [-0.15, -0.1) is 0 Å². The average molecular weight is 309 g/mol. The van der Waals surface area contributed by atoms with E-state index in [-0.39, 0.29) is 11.3 Å². The number of methoxy groups -OCH3 is 1. The van der Waals surface area contributed by atoms with Gasteiger partial charge in [-0.2, -0.15) is 13.2 Å². The van der Waals surface area contributed by atoms with E-state index in [2.05, 4.69) is 0 Å². The number of hydrogen-bond acceptors (Lipinski definition) is 2. The molecule has 0 saturated carbocycles. The molecule has 116 valence electrons. The van der Waals surface area contributed by atoms with Crippen LogP contribution in [0.3, 0.4) is 0 Å². The lowest BCUT2D eigenvalue weighted by Gasteiger charge is -2.19. The molecule has 0 atom stereocenters. The van der Waals surface area contributed by atoms with Gasteiger partial charge in [0.05, 0.1) is 18.2 Å². The van der Waals surface area contributed by atoms with Crippen molar-refractivity contribution < 1.29 is 22.7 Å². The number of carbonyl (C=O) groups excluding carboxylic acids is 1. The molecule has 2 rings (SSSR count). The predicted octanol–water partition coefficient (Wildman–Crippen LogP) is 3.99. The number of benzene rings is 2. The van der Waals surface area contributed by atoms with E-state index in [4.69, 9.17) is 4.74 Å². The van der Waals surface area contributed by atoms with Crippen LogP contribution in [0.15, 0.2) is 48.5 Å². The van der Waals surface area contributed by atoms with Gasteiger partial charge in [-0.25, -0.2) is 0 Å². The van der Waals surface area contributed by atoms with E-state index < -0.39 is 17.6 Å². The van der Waals surface area contributed by atoms with Gasteiger partial charge < -0.3 is 9.64 Å². The van der Waals surface area contributed by atoms with E-state index in [0.29, 0.717) is 5.69 Å². The summed E-state index contributed by atoms with van der Waals surface area (Å²) in [4.78, 5) is 13.8. The van der Waals surface area contributed by atoms with Gasteiger partial charge in [-0.1, -0.05) is 18.2 Å². The van der Waals surface area contributed by atoms with Gasteiger partial charge in [-0.05, 0) is 30.3 Å². The van der Waals surface area contributed by atoms with Crippen molar-refractivity contribution >= 4 is 11.6 Å². The van der Waals surface area contributed by atoms with Crippen molar-refractivity contribution in [1.82, 2.24) is 0 Å². The molecule has 2 aromatic rings. The molecule has 0 aromatic heterocycles. The Morgan fingerprint density at radius 1 is 1.09 bits per heavy atom. The van der Waals surface area contributed by atoms with Crippen molar-refractivity contribution in [2.24, 2.45) is 0 Å². The minimum absolute atomic E-state index is 0.0712. The third-order valence-corrected chi connectivity index (χ3v) is 3.21. The molecule has 0 aliphatic rings. The number of carbonyl (C=O) groups is 1. The number of alkyl halides is 3. The number of nitrogens with zero attached hydrogens (tertiary/aromatic N) is 1. The molecule has 0 saturated heterocycles. The highest BCUT2D eigenvalue weighted by Crippen LogP contribution is 2.33. The topological polar surface area (TPSA) is 29.5 Å². The predicted molar refractivity (Wildman–Crippen MR) is 77.2 cm³/mol. The van der Waals surface area contributed by atoms with Crippen LogP contribution >= 0.6 is 0 Å². The zero-order valence-electron chi connectivity index (χ0n) is 12.0. The van der Waals surface area contributed by atoms with Crippen molar-refractivity contribution in [2.75, 3.05) is 19.1 Å². The molecule has 3 nitrogen and oxygen atoms in total. The molecule has 0 spiro atoms. The number of para-hydroxylation sites is 1. The summed E-state index contributed by atoms with van der Waals surface area (Å²) in [6, 6.07) is 11.6. The Bertz CT molecular complexity index is 669. The lowest BCUT2D eigenvalue weighted by molar-refractivity contribution is -0.137. The summed E-state index contributed by atoms with van der Waals surface area (Å²) in [5, 5.41) is 0. The smallest absolute Gasteiger partial charge is 0.416 e. The molecule has 0 aliphatic carbocycles. The minimum Gasteiger partial charge on any atom is -0.496 e. The number of ether oxygens (including phenoxy) is 1. The van der Waals surface area contributed by atoms with Gasteiger partial charge in [0, 0.05) is 12.7 Å². The third kappa shape index (κ3) is 3.21. The normalized spacial score (nSPS) is 11.1. The summed E-state index contributed by atoms with van der Waals surface area (Å²) in [6.07, 6.45) is -4.49. The first kappa shape index (κ1) is 15.9. The standard InChI is InChI=1S/C16H14F3NO2/c1-20(12-6-4-3-5-7-12)15(21)13-9-8-11(16(17,18)19)10-14(13)22-2/h3-10H,1-2H3. The molecule has 2 aromatic carbocycles. The zero-order chi connectivity index (χ0) is 16.3. The quantitative estimate of drug-likeness (QED) is 0.858. The van der Waals surface area contributed by atoms with Gasteiger partial charge >= 0.3 is 6.18 Å². The summed E-state index contributed by atoms with van der Waals surface area (Å²) in [7, 11) is 2.78. The lowest BCUT2D eigenvalue weighted by Crippen LogP contribution is -2.26. The van der Waals surface area contributed by atoms with Crippen molar-refractivity contribution in [2.45, 2.75) is 6.18 Å². The Balaban J connectivity index is 2.38. The molecule has 1 amide bonds. The van der Waals surface area contributed by atoms with Crippen molar-refractivity contribution in [3.63, 3.8) is 0 Å². The third-order valence-electron chi connectivity index (χ3n) is 3.21. The van der Waals surface area contributed by atoms with E-state index in [1.807, 2.05) is 0 Å². The van der Waals surface area contributed by atoms with Crippen LogP contribution in [0.4, 0.5) is 18.9 Å². The van der Waals surface area contributed by atoms with Gasteiger partial charge in [-0.3, -0.25) is 4.79 Å². The fraction of sp³-hybridized carbons (Fsp3) is 0.188. The fourth-order valence-electron chi connectivity index (χ4n) is 1.99. The van der Waals surface area contributed by atoms with Gasteiger partial charge in [0.1, 0.15) is 5.75 Å². The van der Waals surface area contributed by atoms with Crippen LogP contribution in [0, 0.1) is 0 Å². The van der Waals surface area contributed by atoms with Crippen LogP contribution in [0.5, 0.6) is 5.75 Å². The van der Waals surface area contributed by atoms with Crippen LogP contribution in [0.2, 0.25) is 0 Å². The molecule has 0 N–H and O–H groups in total. The van der Waals surface area contributed by atoms with Gasteiger partial charge in [0.15, 0.2) is 0 Å². The second kappa shape index (κ2) is 6.09. The molecular weight excluding hydrogens is 295 g/mol. The monoisotopic (exact) mass is 309 g/mol. The summed E-state index contributed by atoms with van der Waals surface area (Å²) in [6.45, 7) is 0. The van der Waals surface area contributed by atoms with E-state index in [0.717, 1.165) is 18.2 Å². The number of anilines is 1. The highest BCUT2D eigenvalue weighted by molar-refractivity contribution is 6.07. The maximum absolute atomic E-state index is 12.7. The van der Waals surface area contributed by atoms with Crippen molar-refractivity contribution in [1.29, 1.82) is 0 Å². The number of amides is 1. The first-order valence-corrected chi connectivity index (χ1v) is 6.43. The molecule has 0 radical (unpaired) electrons. The Kier molecular flexibility index (Phi) is 4.40. The van der Waals surface area contributed by atoms with E-state index in [9.17, 15) is 18.0 Å². The minimum atomic E-state index is -4.49. The maximum Gasteiger partial charge on any atom is 0.416 e. The SMILES string of the molecule is COc1cc(C(F)(F)F)ccc1C(=O)N(C)c1ccccc1. The molecule has 0 fully saturated rings. The summed E-state index contributed by atoms with van der Waals surface area (Å²) in [5.74, 6) is -0.556. The van der Waals surface area contributed by atoms with Crippen LogP contribution in [-0.2, 0) is 6.18 Å². The van der Waals surface area contributed by atoms with E-state index >= 15 is 0 Å². The summed E-state index contributed by atoms with van der Waals surface area (Å²) < 4.78 is 43.1. The molecule has 0 bridgehead atoms. The molecule has 6 heteroatoms. The largest absolute Gasteiger partial charge is 0.496 e. The fourth-order valence-corrected chi connectivity index (χ4v) is 1.99. The summed E-state index contributed by atoms with van der Waals surface area (Å²) >= 11 is 0. The molecule has 0 aliphatic heterocycles. The lowest BCUT2D eigenvalue weighted by atomic mass is 10.1. The molecule has 0 unspecified atom stereocenters. The number of rotatable bonds is 3. The average Bonchev–Trinajstić information content (AvgIpc) is 2.52. The molecule has 0 heterocycles. The first-order valence-electron chi connectivity index (χ1n) is 6.43. The molecule has 22 heavy (non-hydrogen) atoms. The van der Waals surface area contributed by atoms with Crippen LogP contribution in [0.1, 0.15) is 15.9 Å². The molecular formula is C16H14F3NO2. The Hall–Kier alpha value is -2.50. The van der Waals surface area contributed by atoms with E-state index in [1.165, 1.54) is 12.0 Å². The Labute approximate surface area is 125 Å². The van der Waals surface area contributed by atoms with E-state index in [1.54, 1.807) is 37.4 Å².